The molecule has 1 aromatic carbocycles. The number of fused-ring (bicyclic) bond motifs is 2. The zero-order chi connectivity index (χ0) is 23.5. The van der Waals surface area contributed by atoms with E-state index in [2.05, 4.69) is 15.3 Å². The number of hydrogen-bond acceptors (Lipinski definition) is 8. The average Bonchev–Trinajstić information content (AvgIpc) is 2.76. The SMILES string of the molecule is CC(C)OC(=O)N1CC2COCC(C1)C2Oc1ncnc(Nc2ccc(C#N)cc2Cl)c1Cl. The highest BCUT2D eigenvalue weighted by Gasteiger charge is 2.44. The first-order chi connectivity index (χ1) is 15.9. The van der Waals surface area contributed by atoms with Gasteiger partial charge in [-0.25, -0.2) is 14.8 Å². The van der Waals surface area contributed by atoms with Crippen molar-refractivity contribution < 1.29 is 19.0 Å². The number of nitrogens with zero attached hydrogens (tertiary/aromatic N) is 4. The van der Waals surface area contributed by atoms with Crippen LogP contribution in [0.25, 0.3) is 0 Å². The molecule has 1 aromatic heterocycles. The monoisotopic (exact) mass is 491 g/mol. The van der Waals surface area contributed by atoms with Crippen LogP contribution in [-0.4, -0.2) is 59.5 Å². The molecule has 3 heterocycles. The van der Waals surface area contributed by atoms with Crippen LogP contribution < -0.4 is 10.1 Å². The predicted octanol–water partition coefficient (Wildman–Crippen LogP) is 4.27. The summed E-state index contributed by atoms with van der Waals surface area (Å²) in [5.74, 6) is 0.465. The van der Waals surface area contributed by atoms with Crippen molar-refractivity contribution in [1.82, 2.24) is 14.9 Å². The Labute approximate surface area is 201 Å². The van der Waals surface area contributed by atoms with Crippen molar-refractivity contribution in [3.05, 3.63) is 40.1 Å². The fraction of sp³-hybridized carbons (Fsp3) is 0.455. The highest BCUT2D eigenvalue weighted by molar-refractivity contribution is 6.35. The lowest BCUT2D eigenvalue weighted by Gasteiger charge is -2.45. The topological polar surface area (TPSA) is 110 Å². The van der Waals surface area contributed by atoms with E-state index in [4.69, 9.17) is 42.7 Å². The molecule has 0 spiro atoms. The van der Waals surface area contributed by atoms with Crippen molar-refractivity contribution in [2.45, 2.75) is 26.1 Å². The van der Waals surface area contributed by atoms with Crippen LogP contribution >= 0.6 is 23.2 Å². The lowest BCUT2D eigenvalue weighted by Crippen LogP contribution is -2.58. The smallest absolute Gasteiger partial charge is 0.410 e. The molecule has 11 heteroatoms. The minimum Gasteiger partial charge on any atom is -0.472 e. The number of ether oxygens (including phenoxy) is 3. The summed E-state index contributed by atoms with van der Waals surface area (Å²) >= 11 is 12.8. The number of aromatic nitrogens is 2. The Morgan fingerprint density at radius 2 is 2.00 bits per heavy atom. The van der Waals surface area contributed by atoms with Gasteiger partial charge < -0.3 is 24.4 Å². The number of carbonyl (C=O) groups excluding carboxylic acids is 1. The maximum absolute atomic E-state index is 12.4. The fourth-order valence-corrected chi connectivity index (χ4v) is 4.40. The molecule has 0 aliphatic carbocycles. The number of nitrogens with one attached hydrogen (secondary N) is 1. The van der Waals surface area contributed by atoms with Crippen LogP contribution in [0.4, 0.5) is 16.3 Å². The Kier molecular flexibility index (Phi) is 7.08. The Bertz CT molecular complexity index is 1060. The van der Waals surface area contributed by atoms with Crippen molar-refractivity contribution in [3.8, 4) is 11.9 Å². The molecular formula is C22H23Cl2N5O4. The van der Waals surface area contributed by atoms with Crippen molar-refractivity contribution in [2.24, 2.45) is 11.8 Å². The minimum absolute atomic E-state index is 0.0485. The van der Waals surface area contributed by atoms with Crippen molar-refractivity contribution in [3.63, 3.8) is 0 Å². The minimum atomic E-state index is -0.328. The number of piperidine rings is 1. The number of anilines is 2. The van der Waals surface area contributed by atoms with E-state index in [-0.39, 0.29) is 41.0 Å². The molecule has 2 saturated heterocycles. The van der Waals surface area contributed by atoms with Gasteiger partial charge in [0.25, 0.3) is 0 Å². The number of rotatable bonds is 5. The molecule has 2 atom stereocenters. The fourth-order valence-electron chi connectivity index (χ4n) is 3.98. The van der Waals surface area contributed by atoms with Crippen LogP contribution in [0.2, 0.25) is 10.0 Å². The number of nitriles is 1. The number of carbonyl (C=O) groups is 1. The van der Waals surface area contributed by atoms with E-state index in [0.717, 1.165) is 0 Å². The van der Waals surface area contributed by atoms with Gasteiger partial charge in [-0.3, -0.25) is 0 Å². The van der Waals surface area contributed by atoms with E-state index in [9.17, 15) is 4.79 Å². The Balaban J connectivity index is 1.49. The van der Waals surface area contributed by atoms with Gasteiger partial charge in [-0.15, -0.1) is 0 Å². The molecule has 1 amide bonds. The molecule has 2 aliphatic rings. The first kappa shape index (κ1) is 23.4. The van der Waals surface area contributed by atoms with Gasteiger partial charge in [0.05, 0.1) is 41.7 Å². The van der Waals surface area contributed by atoms with Gasteiger partial charge in [-0.1, -0.05) is 23.2 Å². The van der Waals surface area contributed by atoms with Gasteiger partial charge in [-0.05, 0) is 32.0 Å². The van der Waals surface area contributed by atoms with Gasteiger partial charge >= 0.3 is 6.09 Å². The lowest BCUT2D eigenvalue weighted by atomic mass is 9.84. The lowest BCUT2D eigenvalue weighted by molar-refractivity contribution is -0.110. The third kappa shape index (κ3) is 5.24. The maximum Gasteiger partial charge on any atom is 0.410 e. The summed E-state index contributed by atoms with van der Waals surface area (Å²) in [6, 6.07) is 6.90. The maximum atomic E-state index is 12.4. The summed E-state index contributed by atoms with van der Waals surface area (Å²) in [6.07, 6.45) is 0.618. The van der Waals surface area contributed by atoms with Crippen LogP contribution in [-0.2, 0) is 9.47 Å². The van der Waals surface area contributed by atoms with Crippen LogP contribution in [0.3, 0.4) is 0 Å². The van der Waals surface area contributed by atoms with E-state index in [0.29, 0.717) is 48.4 Å². The summed E-state index contributed by atoms with van der Waals surface area (Å²) in [6.45, 7) is 5.49. The molecule has 0 radical (unpaired) electrons. The zero-order valence-electron chi connectivity index (χ0n) is 18.1. The van der Waals surface area contributed by atoms with Crippen molar-refractivity contribution >= 4 is 40.8 Å². The van der Waals surface area contributed by atoms with E-state index >= 15 is 0 Å². The summed E-state index contributed by atoms with van der Waals surface area (Å²) in [5, 5.41) is 12.6. The molecule has 4 rings (SSSR count). The molecule has 9 nitrogen and oxygen atoms in total. The third-order valence-electron chi connectivity index (χ3n) is 5.45. The van der Waals surface area contributed by atoms with Gasteiger partial charge in [0, 0.05) is 24.9 Å². The van der Waals surface area contributed by atoms with Gasteiger partial charge in [0.15, 0.2) is 5.82 Å². The zero-order valence-corrected chi connectivity index (χ0v) is 19.6. The first-order valence-electron chi connectivity index (χ1n) is 10.5. The highest BCUT2D eigenvalue weighted by Crippen LogP contribution is 2.37. The molecule has 2 aromatic rings. The highest BCUT2D eigenvalue weighted by atomic mass is 35.5. The quantitative estimate of drug-likeness (QED) is 0.659. The van der Waals surface area contributed by atoms with Crippen LogP contribution in [0.15, 0.2) is 24.5 Å². The largest absolute Gasteiger partial charge is 0.472 e. The average molecular weight is 492 g/mol. The van der Waals surface area contributed by atoms with Gasteiger partial charge in [-0.2, -0.15) is 5.26 Å². The number of amides is 1. The molecule has 2 fully saturated rings. The normalized spacial score (nSPS) is 21.9. The Morgan fingerprint density at radius 1 is 1.27 bits per heavy atom. The second-order valence-electron chi connectivity index (χ2n) is 8.25. The summed E-state index contributed by atoms with van der Waals surface area (Å²) in [4.78, 5) is 22.5. The van der Waals surface area contributed by atoms with Crippen LogP contribution in [0.5, 0.6) is 5.88 Å². The Morgan fingerprint density at radius 3 is 2.64 bits per heavy atom. The summed E-state index contributed by atoms with van der Waals surface area (Å²) in [7, 11) is 0. The molecule has 33 heavy (non-hydrogen) atoms. The number of hydrogen-bond donors (Lipinski definition) is 1. The van der Waals surface area contributed by atoms with Crippen LogP contribution in [0.1, 0.15) is 19.4 Å². The van der Waals surface area contributed by atoms with E-state index < -0.39 is 0 Å². The number of likely N-dealkylation sites (tertiary alicyclic amines) is 1. The third-order valence-corrected chi connectivity index (χ3v) is 6.11. The molecule has 2 aliphatic heterocycles. The first-order valence-corrected chi connectivity index (χ1v) is 11.3. The van der Waals surface area contributed by atoms with E-state index in [1.54, 1.807) is 23.1 Å². The number of halogens is 2. The predicted molar refractivity (Wildman–Crippen MR) is 122 cm³/mol. The van der Waals surface area contributed by atoms with Gasteiger partial charge in [0.1, 0.15) is 17.5 Å². The molecule has 2 bridgehead atoms. The van der Waals surface area contributed by atoms with Crippen LogP contribution in [0, 0.1) is 23.2 Å². The van der Waals surface area contributed by atoms with Gasteiger partial charge in [0.2, 0.25) is 5.88 Å². The molecular weight excluding hydrogens is 469 g/mol. The second kappa shape index (κ2) is 10.00. The second-order valence-corrected chi connectivity index (χ2v) is 9.04. The van der Waals surface area contributed by atoms with E-state index in [1.165, 1.54) is 6.33 Å². The molecule has 174 valence electrons. The standard InChI is InChI=1S/C22H23Cl2N5O4/c1-12(2)32-22(30)29-7-14-9-31-10-15(8-29)19(14)33-21-18(24)20(26-11-27-21)28-17-4-3-13(6-25)5-16(17)23/h3-5,11-12,14-15,19H,7-10H2,1-2H3,(H,26,27,28). The molecule has 2 unspecified atom stereocenters. The van der Waals surface area contributed by atoms with E-state index in [1.807, 2.05) is 19.9 Å². The van der Waals surface area contributed by atoms with Crippen molar-refractivity contribution in [1.29, 1.82) is 5.26 Å². The molecule has 1 N–H and O–H groups in total. The Hall–Kier alpha value is -2.80. The number of benzene rings is 1. The summed E-state index contributed by atoms with van der Waals surface area (Å²) < 4.78 is 17.3. The van der Waals surface area contributed by atoms with Crippen molar-refractivity contribution in [2.75, 3.05) is 31.6 Å². The molecule has 0 saturated carbocycles. The summed E-state index contributed by atoms with van der Waals surface area (Å²) in [5.41, 5.74) is 0.991.